The van der Waals surface area contributed by atoms with E-state index >= 15 is 0 Å². The monoisotopic (exact) mass is 286 g/mol. The Hall–Kier alpha value is -1.28. The number of aliphatic hydroxyl groups excluding tert-OH is 1. The highest BCUT2D eigenvalue weighted by Gasteiger charge is 2.41. The molecule has 1 aliphatic carbocycles. The molecule has 3 rings (SSSR count). The molecule has 0 aliphatic heterocycles. The number of hydrogen-bond acceptors (Lipinski definition) is 2. The Balaban J connectivity index is 1.95. The molecule has 1 N–H and O–H groups in total. The molecule has 1 aliphatic rings. The summed E-state index contributed by atoms with van der Waals surface area (Å²) in [6, 6.07) is 8.45. The smallest absolute Gasteiger partial charge is 0.134 e. The van der Waals surface area contributed by atoms with Crippen molar-refractivity contribution in [3.05, 3.63) is 35.6 Å². The molecule has 1 fully saturated rings. The number of aliphatic hydroxyl groups is 1. The fourth-order valence-electron chi connectivity index (χ4n) is 3.86. The largest absolute Gasteiger partial charge is 0.460 e. The van der Waals surface area contributed by atoms with E-state index < -0.39 is 0 Å². The first kappa shape index (κ1) is 14.6. The van der Waals surface area contributed by atoms with Crippen LogP contribution in [0.25, 0.3) is 11.0 Å². The van der Waals surface area contributed by atoms with Crippen molar-refractivity contribution in [3.63, 3.8) is 0 Å². The third kappa shape index (κ3) is 2.62. The van der Waals surface area contributed by atoms with Crippen LogP contribution < -0.4 is 0 Å². The Kier molecular flexibility index (Phi) is 3.61. The number of fused-ring (bicyclic) bond motifs is 1. The number of furan rings is 1. The average Bonchev–Trinajstić information content (AvgIpc) is 2.81. The molecular formula is C19H26O2. The van der Waals surface area contributed by atoms with Crippen LogP contribution >= 0.6 is 0 Å². The van der Waals surface area contributed by atoms with Crippen molar-refractivity contribution in [2.75, 3.05) is 0 Å². The van der Waals surface area contributed by atoms with Crippen molar-refractivity contribution >= 4 is 11.0 Å². The molecule has 0 radical (unpaired) electrons. The molecule has 1 aromatic carbocycles. The molecule has 1 heterocycles. The lowest BCUT2D eigenvalue weighted by atomic mass is 9.66. The minimum Gasteiger partial charge on any atom is -0.460 e. The normalized spacial score (nSPS) is 27.2. The van der Waals surface area contributed by atoms with Gasteiger partial charge in [-0.25, -0.2) is 0 Å². The summed E-state index contributed by atoms with van der Waals surface area (Å²) >= 11 is 0. The maximum atomic E-state index is 10.5. The molecule has 2 nitrogen and oxygen atoms in total. The maximum Gasteiger partial charge on any atom is 0.134 e. The van der Waals surface area contributed by atoms with E-state index in [0.717, 1.165) is 29.6 Å². The van der Waals surface area contributed by atoms with Crippen LogP contribution in [-0.2, 0) is 5.41 Å². The summed E-state index contributed by atoms with van der Waals surface area (Å²) in [4.78, 5) is 0. The molecule has 1 aromatic heterocycles. The first-order valence-corrected chi connectivity index (χ1v) is 8.06. The SMILES string of the molecule is Cc1ccc2oc(C(C)(C)C3CCC(C)CC3O)cc2c1. The number of hydrogen-bond donors (Lipinski definition) is 1. The van der Waals surface area contributed by atoms with Gasteiger partial charge in [-0.2, -0.15) is 0 Å². The van der Waals surface area contributed by atoms with Crippen LogP contribution in [0.15, 0.2) is 28.7 Å². The summed E-state index contributed by atoms with van der Waals surface area (Å²) in [5, 5.41) is 11.7. The van der Waals surface area contributed by atoms with Crippen molar-refractivity contribution in [1.29, 1.82) is 0 Å². The zero-order valence-corrected chi connectivity index (χ0v) is 13.5. The van der Waals surface area contributed by atoms with E-state index in [-0.39, 0.29) is 17.4 Å². The van der Waals surface area contributed by atoms with E-state index in [4.69, 9.17) is 4.42 Å². The molecule has 114 valence electrons. The van der Waals surface area contributed by atoms with E-state index in [1.807, 2.05) is 6.07 Å². The number of aryl methyl sites for hydroxylation is 1. The summed E-state index contributed by atoms with van der Waals surface area (Å²) in [5.74, 6) is 1.91. The Labute approximate surface area is 127 Å². The van der Waals surface area contributed by atoms with E-state index in [1.54, 1.807) is 0 Å². The molecule has 0 amide bonds. The van der Waals surface area contributed by atoms with Crippen LogP contribution in [0.4, 0.5) is 0 Å². The van der Waals surface area contributed by atoms with Crippen molar-refractivity contribution in [2.24, 2.45) is 11.8 Å². The molecule has 3 unspecified atom stereocenters. The predicted molar refractivity (Wildman–Crippen MR) is 86.5 cm³/mol. The van der Waals surface area contributed by atoms with E-state index in [0.29, 0.717) is 5.92 Å². The fourth-order valence-corrected chi connectivity index (χ4v) is 3.86. The van der Waals surface area contributed by atoms with Gasteiger partial charge in [0, 0.05) is 10.8 Å². The molecule has 2 heteroatoms. The molecule has 0 saturated heterocycles. The first-order valence-electron chi connectivity index (χ1n) is 8.06. The molecule has 3 atom stereocenters. The number of rotatable bonds is 2. The van der Waals surface area contributed by atoms with Gasteiger partial charge in [-0.05, 0) is 49.8 Å². The van der Waals surface area contributed by atoms with Crippen LogP contribution in [0.1, 0.15) is 51.4 Å². The minimum atomic E-state index is -0.223. The van der Waals surface area contributed by atoms with Crippen molar-refractivity contribution in [1.82, 2.24) is 0 Å². The molecule has 21 heavy (non-hydrogen) atoms. The van der Waals surface area contributed by atoms with Gasteiger partial charge in [-0.3, -0.25) is 0 Å². The van der Waals surface area contributed by atoms with Gasteiger partial charge < -0.3 is 9.52 Å². The van der Waals surface area contributed by atoms with Crippen LogP contribution in [0.5, 0.6) is 0 Å². The fraction of sp³-hybridized carbons (Fsp3) is 0.579. The zero-order chi connectivity index (χ0) is 15.2. The van der Waals surface area contributed by atoms with Gasteiger partial charge >= 0.3 is 0 Å². The third-order valence-electron chi connectivity index (χ3n) is 5.31. The van der Waals surface area contributed by atoms with Gasteiger partial charge in [-0.15, -0.1) is 0 Å². The van der Waals surface area contributed by atoms with Gasteiger partial charge in [0.15, 0.2) is 0 Å². The summed E-state index contributed by atoms with van der Waals surface area (Å²) in [6.45, 7) is 8.75. The highest BCUT2D eigenvalue weighted by Crippen LogP contribution is 2.43. The lowest BCUT2D eigenvalue weighted by molar-refractivity contribution is 0.00913. The average molecular weight is 286 g/mol. The maximum absolute atomic E-state index is 10.5. The Morgan fingerprint density at radius 2 is 1.95 bits per heavy atom. The quantitative estimate of drug-likeness (QED) is 0.859. The summed E-state index contributed by atoms with van der Waals surface area (Å²) < 4.78 is 6.11. The molecule has 2 aromatic rings. The van der Waals surface area contributed by atoms with Crippen molar-refractivity contribution in [2.45, 2.75) is 58.5 Å². The van der Waals surface area contributed by atoms with Crippen LogP contribution in [0.2, 0.25) is 0 Å². The van der Waals surface area contributed by atoms with E-state index in [2.05, 4.69) is 45.9 Å². The van der Waals surface area contributed by atoms with Gasteiger partial charge in [0.1, 0.15) is 11.3 Å². The van der Waals surface area contributed by atoms with Crippen molar-refractivity contribution < 1.29 is 9.52 Å². The first-order chi connectivity index (χ1) is 9.88. The molecule has 0 bridgehead atoms. The second-order valence-electron chi connectivity index (χ2n) is 7.47. The highest BCUT2D eigenvalue weighted by molar-refractivity contribution is 5.79. The Bertz CT molecular complexity index is 638. The summed E-state index contributed by atoms with van der Waals surface area (Å²) in [7, 11) is 0. The highest BCUT2D eigenvalue weighted by atomic mass is 16.3. The zero-order valence-electron chi connectivity index (χ0n) is 13.5. The minimum absolute atomic E-state index is 0.132. The molecular weight excluding hydrogens is 260 g/mol. The summed E-state index contributed by atoms with van der Waals surface area (Å²) in [6.07, 6.45) is 2.96. The Morgan fingerprint density at radius 3 is 2.67 bits per heavy atom. The van der Waals surface area contributed by atoms with Gasteiger partial charge in [0.2, 0.25) is 0 Å². The van der Waals surface area contributed by atoms with Gasteiger partial charge in [0.25, 0.3) is 0 Å². The third-order valence-corrected chi connectivity index (χ3v) is 5.31. The van der Waals surface area contributed by atoms with E-state index in [1.165, 1.54) is 12.0 Å². The standard InChI is InChI=1S/C19H26O2/c1-12-6-8-17-14(9-12)11-18(21-17)19(3,4)15-7-5-13(2)10-16(15)20/h6,8-9,11,13,15-16,20H,5,7,10H2,1-4H3. The lowest BCUT2D eigenvalue weighted by Gasteiger charge is -2.40. The van der Waals surface area contributed by atoms with E-state index in [9.17, 15) is 5.11 Å². The number of benzene rings is 1. The second kappa shape index (κ2) is 5.17. The van der Waals surface area contributed by atoms with Crippen LogP contribution in [0.3, 0.4) is 0 Å². The molecule has 0 spiro atoms. The van der Waals surface area contributed by atoms with Crippen LogP contribution in [0, 0.1) is 18.8 Å². The van der Waals surface area contributed by atoms with Crippen LogP contribution in [-0.4, -0.2) is 11.2 Å². The predicted octanol–water partition coefficient (Wildman–Crippen LogP) is 4.82. The second-order valence-corrected chi connectivity index (χ2v) is 7.47. The van der Waals surface area contributed by atoms with Crippen molar-refractivity contribution in [3.8, 4) is 0 Å². The molecule has 1 saturated carbocycles. The lowest BCUT2D eigenvalue weighted by Crippen LogP contribution is -2.41. The van der Waals surface area contributed by atoms with Gasteiger partial charge in [0.05, 0.1) is 6.10 Å². The van der Waals surface area contributed by atoms with Gasteiger partial charge in [-0.1, -0.05) is 38.8 Å². The topological polar surface area (TPSA) is 33.4 Å². The summed E-state index contributed by atoms with van der Waals surface area (Å²) in [5.41, 5.74) is 2.06. The Morgan fingerprint density at radius 1 is 1.19 bits per heavy atom.